The Bertz CT molecular complexity index is 646. The summed E-state index contributed by atoms with van der Waals surface area (Å²) >= 11 is 0. The molecule has 1 N–H and O–H groups in total. The Labute approximate surface area is 111 Å². The van der Waals surface area contributed by atoms with E-state index in [4.69, 9.17) is 0 Å². The van der Waals surface area contributed by atoms with Gasteiger partial charge in [0.05, 0.1) is 11.2 Å². The largest absolute Gasteiger partial charge is 0.366 e. The maximum Gasteiger partial charge on any atom is 0.187 e. The average molecular weight is 253 g/mol. The highest BCUT2D eigenvalue weighted by Gasteiger charge is 2.21. The van der Waals surface area contributed by atoms with E-state index in [-0.39, 0.29) is 0 Å². The molecule has 3 rings (SSSR count). The monoisotopic (exact) mass is 253 g/mol. The molecule has 0 spiro atoms. The van der Waals surface area contributed by atoms with Gasteiger partial charge in [-0.3, -0.25) is 0 Å². The number of fused-ring (bicyclic) bond motifs is 1. The van der Waals surface area contributed by atoms with Gasteiger partial charge in [0.15, 0.2) is 5.69 Å². The van der Waals surface area contributed by atoms with Gasteiger partial charge < -0.3 is 10.2 Å². The lowest BCUT2D eigenvalue weighted by Gasteiger charge is -2.34. The molecule has 2 heterocycles. The van der Waals surface area contributed by atoms with Crippen molar-refractivity contribution in [1.29, 1.82) is 5.26 Å². The SMILES string of the molecule is C[C@H]1CN(c2c(C#N)nnc3ccccc23)CCN1. The summed E-state index contributed by atoms with van der Waals surface area (Å²) in [6.07, 6.45) is 0. The third-order valence-corrected chi connectivity index (χ3v) is 3.43. The van der Waals surface area contributed by atoms with E-state index in [9.17, 15) is 5.26 Å². The molecule has 0 unspecified atom stereocenters. The lowest BCUT2D eigenvalue weighted by molar-refractivity contribution is 0.485. The first-order chi connectivity index (χ1) is 9.29. The van der Waals surface area contributed by atoms with Crippen LogP contribution in [0.3, 0.4) is 0 Å². The number of benzene rings is 1. The van der Waals surface area contributed by atoms with Crippen molar-refractivity contribution in [2.75, 3.05) is 24.5 Å². The van der Waals surface area contributed by atoms with Crippen LogP contribution in [0.4, 0.5) is 5.69 Å². The zero-order valence-electron chi connectivity index (χ0n) is 10.8. The summed E-state index contributed by atoms with van der Waals surface area (Å²) in [5, 5.41) is 21.9. The van der Waals surface area contributed by atoms with E-state index in [0.717, 1.165) is 36.2 Å². The van der Waals surface area contributed by atoms with Crippen molar-refractivity contribution in [2.45, 2.75) is 13.0 Å². The first kappa shape index (κ1) is 11.9. The molecule has 19 heavy (non-hydrogen) atoms. The molecule has 2 aromatic rings. The van der Waals surface area contributed by atoms with Gasteiger partial charge in [0, 0.05) is 31.1 Å². The number of nitriles is 1. The van der Waals surface area contributed by atoms with Crippen LogP contribution in [0.1, 0.15) is 12.6 Å². The maximum absolute atomic E-state index is 9.28. The molecule has 5 heteroatoms. The fraction of sp³-hybridized carbons (Fsp3) is 0.357. The van der Waals surface area contributed by atoms with Crippen LogP contribution >= 0.6 is 0 Å². The van der Waals surface area contributed by atoms with Crippen LogP contribution in [-0.2, 0) is 0 Å². The van der Waals surface area contributed by atoms with Crippen LogP contribution in [0.2, 0.25) is 0 Å². The molecule has 1 aliphatic rings. The van der Waals surface area contributed by atoms with Crippen LogP contribution in [-0.4, -0.2) is 35.9 Å². The molecule has 1 saturated heterocycles. The van der Waals surface area contributed by atoms with Crippen LogP contribution in [0.25, 0.3) is 10.9 Å². The van der Waals surface area contributed by atoms with Crippen molar-refractivity contribution in [3.05, 3.63) is 30.0 Å². The number of rotatable bonds is 1. The van der Waals surface area contributed by atoms with Crippen molar-refractivity contribution in [3.63, 3.8) is 0 Å². The van der Waals surface area contributed by atoms with Gasteiger partial charge in [0.1, 0.15) is 6.07 Å². The summed E-state index contributed by atoms with van der Waals surface area (Å²) in [4.78, 5) is 2.23. The molecule has 5 nitrogen and oxygen atoms in total. The second-order valence-electron chi connectivity index (χ2n) is 4.83. The zero-order chi connectivity index (χ0) is 13.2. The van der Waals surface area contributed by atoms with Crippen molar-refractivity contribution >= 4 is 16.6 Å². The molecule has 1 aliphatic heterocycles. The summed E-state index contributed by atoms with van der Waals surface area (Å²) in [5.74, 6) is 0. The Morgan fingerprint density at radius 1 is 1.37 bits per heavy atom. The van der Waals surface area contributed by atoms with Crippen LogP contribution in [0.5, 0.6) is 0 Å². The fourth-order valence-corrected chi connectivity index (χ4v) is 2.57. The van der Waals surface area contributed by atoms with Gasteiger partial charge in [-0.25, -0.2) is 0 Å². The van der Waals surface area contributed by atoms with Gasteiger partial charge >= 0.3 is 0 Å². The number of anilines is 1. The summed E-state index contributed by atoms with van der Waals surface area (Å²) in [7, 11) is 0. The molecule has 1 fully saturated rings. The molecule has 0 saturated carbocycles. The molecule has 0 radical (unpaired) electrons. The minimum Gasteiger partial charge on any atom is -0.366 e. The highest BCUT2D eigenvalue weighted by atomic mass is 15.2. The Morgan fingerprint density at radius 3 is 3.00 bits per heavy atom. The molecule has 1 aromatic carbocycles. The summed E-state index contributed by atoms with van der Waals surface area (Å²) in [5.41, 5.74) is 2.16. The third kappa shape index (κ3) is 2.11. The molecule has 1 aromatic heterocycles. The van der Waals surface area contributed by atoms with Gasteiger partial charge in [-0.2, -0.15) is 5.26 Å². The van der Waals surface area contributed by atoms with E-state index in [1.54, 1.807) is 0 Å². The van der Waals surface area contributed by atoms with E-state index in [0.29, 0.717) is 11.7 Å². The van der Waals surface area contributed by atoms with E-state index in [1.165, 1.54) is 0 Å². The normalized spacial score (nSPS) is 19.4. The number of piperazine rings is 1. The van der Waals surface area contributed by atoms with Crippen LogP contribution in [0, 0.1) is 11.3 Å². The predicted octanol–water partition coefficient (Wildman–Crippen LogP) is 1.30. The van der Waals surface area contributed by atoms with Crippen molar-refractivity contribution in [3.8, 4) is 6.07 Å². The highest BCUT2D eigenvalue weighted by Crippen LogP contribution is 2.28. The number of hydrogen-bond acceptors (Lipinski definition) is 5. The first-order valence-electron chi connectivity index (χ1n) is 6.43. The number of aromatic nitrogens is 2. The molecular weight excluding hydrogens is 238 g/mol. The molecule has 0 aliphatic carbocycles. The van der Waals surface area contributed by atoms with Crippen molar-refractivity contribution in [2.24, 2.45) is 0 Å². The molecule has 96 valence electrons. The van der Waals surface area contributed by atoms with Gasteiger partial charge in [-0.15, -0.1) is 10.2 Å². The topological polar surface area (TPSA) is 64.8 Å². The van der Waals surface area contributed by atoms with Crippen LogP contribution in [0.15, 0.2) is 24.3 Å². The number of nitrogens with zero attached hydrogens (tertiary/aromatic N) is 4. The number of nitrogens with one attached hydrogen (secondary N) is 1. The quantitative estimate of drug-likeness (QED) is 0.830. The smallest absolute Gasteiger partial charge is 0.187 e. The minimum absolute atomic E-state index is 0.409. The van der Waals surface area contributed by atoms with Gasteiger partial charge in [0.25, 0.3) is 0 Å². The van der Waals surface area contributed by atoms with E-state index in [1.807, 2.05) is 24.3 Å². The molecule has 1 atom stereocenters. The summed E-state index contributed by atoms with van der Waals surface area (Å²) < 4.78 is 0. The molecule has 0 amide bonds. The van der Waals surface area contributed by atoms with Crippen LogP contribution < -0.4 is 10.2 Å². The van der Waals surface area contributed by atoms with Crippen molar-refractivity contribution in [1.82, 2.24) is 15.5 Å². The number of hydrogen-bond donors (Lipinski definition) is 1. The second-order valence-corrected chi connectivity index (χ2v) is 4.83. The first-order valence-corrected chi connectivity index (χ1v) is 6.43. The fourth-order valence-electron chi connectivity index (χ4n) is 2.57. The van der Waals surface area contributed by atoms with Crippen molar-refractivity contribution < 1.29 is 0 Å². The molecule has 0 bridgehead atoms. The second kappa shape index (κ2) is 4.82. The van der Waals surface area contributed by atoms with E-state index >= 15 is 0 Å². The Balaban J connectivity index is 2.17. The van der Waals surface area contributed by atoms with Gasteiger partial charge in [0.2, 0.25) is 0 Å². The Morgan fingerprint density at radius 2 is 2.21 bits per heavy atom. The van der Waals surface area contributed by atoms with Gasteiger partial charge in [-0.05, 0) is 13.0 Å². The summed E-state index contributed by atoms with van der Waals surface area (Å²) in [6, 6.07) is 10.4. The van der Waals surface area contributed by atoms with E-state index < -0.39 is 0 Å². The van der Waals surface area contributed by atoms with Gasteiger partial charge in [-0.1, -0.05) is 18.2 Å². The molecular formula is C14H15N5. The third-order valence-electron chi connectivity index (χ3n) is 3.43. The predicted molar refractivity (Wildman–Crippen MR) is 73.9 cm³/mol. The average Bonchev–Trinajstić information content (AvgIpc) is 2.46. The minimum atomic E-state index is 0.409. The zero-order valence-corrected chi connectivity index (χ0v) is 10.8. The lowest BCUT2D eigenvalue weighted by atomic mass is 10.1. The standard InChI is InChI=1S/C14H15N5/c1-10-9-19(7-6-16-10)14-11-4-2-3-5-12(11)17-18-13(14)8-15/h2-5,10,16H,6-7,9H2,1H3/t10-/m0/s1. The summed E-state index contributed by atoms with van der Waals surface area (Å²) in [6.45, 7) is 4.83. The maximum atomic E-state index is 9.28. The Hall–Kier alpha value is -2.19. The highest BCUT2D eigenvalue weighted by molar-refractivity contribution is 5.93. The lowest BCUT2D eigenvalue weighted by Crippen LogP contribution is -2.49. The Kier molecular flexibility index (Phi) is 3.02. The van der Waals surface area contributed by atoms with E-state index in [2.05, 4.69) is 33.4 Å².